The van der Waals surface area contributed by atoms with Crippen molar-refractivity contribution in [1.82, 2.24) is 4.98 Å². The molecule has 0 aliphatic heterocycles. The molecule has 0 unspecified atom stereocenters. The van der Waals surface area contributed by atoms with Crippen LogP contribution in [0.4, 0.5) is 4.39 Å². The molecule has 19 rings (SSSR count). The second kappa shape index (κ2) is 29.5. The standard InChI is InChI=1S/C115H105FN.Ir/c1-15-112(16-2)100-32-25-23-28-90(100)92-49-38-73(65-102(92)112)75-40-51-94-96-53-42-77(69-106(96)114(19-5,20-6)104(94)67-75)82-59-83(78-43-54-97-95-52-41-76(68-105(95)115(21-7,22-8)107(97)70-78)74-39-50-93-91-29-24-26-33-101(91)113(17-3,18-4)103(93)66-74)63-85(62-82)99-64-79(44-55-108(99)116)109-98-31-27-30-88(89(98)56-57-117-109)84-60-80(71-34-45-86(46-35-71)110(9,10)11)58-81(61-84)72-36-47-87(48-37-72)111(12,13)14;/h23-43,45-70H,15-22H2,1-14H3;/q-1;. The predicted octanol–water partition coefficient (Wildman–Crippen LogP) is 32.1. The fraction of sp³-hybridized carbons (Fsp3) is 0.243. The van der Waals surface area contributed by atoms with Crippen LogP contribution in [0.2, 0.25) is 0 Å². The van der Waals surface area contributed by atoms with Gasteiger partial charge >= 0.3 is 0 Å². The van der Waals surface area contributed by atoms with E-state index >= 15 is 4.39 Å². The first-order valence-electron chi connectivity index (χ1n) is 43.4. The summed E-state index contributed by atoms with van der Waals surface area (Å²) in [7, 11) is 0. The minimum Gasteiger partial charge on any atom is -0.304 e. The van der Waals surface area contributed by atoms with Gasteiger partial charge in [0.05, 0.1) is 0 Å². The molecule has 1 radical (unpaired) electrons. The van der Waals surface area contributed by atoms with Crippen molar-refractivity contribution in [2.75, 3.05) is 0 Å². The number of hydrogen-bond acceptors (Lipinski definition) is 1. The summed E-state index contributed by atoms with van der Waals surface area (Å²) in [5.74, 6) is -0.337. The Hall–Kier alpha value is -10.9. The largest absolute Gasteiger partial charge is 0.304 e. The molecule has 0 bridgehead atoms. The van der Waals surface area contributed by atoms with Gasteiger partial charge in [0.2, 0.25) is 0 Å². The van der Waals surface area contributed by atoms with Gasteiger partial charge in [-0.25, -0.2) is 0 Å². The van der Waals surface area contributed by atoms with Gasteiger partial charge in [-0.3, -0.25) is 4.39 Å². The molecule has 4 aliphatic rings. The van der Waals surface area contributed by atoms with Crippen LogP contribution in [0.25, 0.3) is 156 Å². The summed E-state index contributed by atoms with van der Waals surface area (Å²) >= 11 is 0. The number of hydrogen-bond donors (Lipinski definition) is 0. The summed E-state index contributed by atoms with van der Waals surface area (Å²) in [6.07, 6.45) is 9.89. The van der Waals surface area contributed by atoms with Crippen LogP contribution < -0.4 is 0 Å². The van der Waals surface area contributed by atoms with E-state index in [9.17, 15) is 0 Å². The van der Waals surface area contributed by atoms with E-state index in [0.717, 1.165) is 123 Å². The quantitative estimate of drug-likeness (QED) is 0.0828. The second-order valence-electron chi connectivity index (χ2n) is 36.2. The molecule has 3 heteroatoms. The average molecular weight is 1710 g/mol. The van der Waals surface area contributed by atoms with Gasteiger partial charge in [-0.15, -0.1) is 23.8 Å². The SMILES string of the molecule is CCC1(CC)c2ccccc2-c2ccc(-c3ccc4c(c3)C(CC)(CC)c3cc(-c5cc(-c6ccc7c(c6)C(CC)(CC)c6cc(-c8ccc9c(c8)C(CC)(CC)c8ccccc8-9)ccc6-7)cc(-c6cc(-c7nccc8c(-c9cc(-c%10ccc(C(C)(C)C)cc%10)cc(-c%10ccc(C(C)(C)C)cc%10)c9)cccc78)[c-]cc6F)c5)ccc3-4)cc21.[Ir]. The fourth-order valence-corrected chi connectivity index (χ4v) is 22.1. The minimum atomic E-state index is -0.337. The van der Waals surface area contributed by atoms with E-state index in [1.807, 2.05) is 12.3 Å². The van der Waals surface area contributed by atoms with Crippen LogP contribution in [0.5, 0.6) is 0 Å². The van der Waals surface area contributed by atoms with Crippen LogP contribution in [-0.4, -0.2) is 4.98 Å². The molecule has 0 saturated carbocycles. The molecule has 15 aromatic rings. The van der Waals surface area contributed by atoms with Gasteiger partial charge in [-0.05, 0) is 341 Å². The van der Waals surface area contributed by atoms with E-state index in [-0.39, 0.29) is 58.4 Å². The number of fused-ring (bicyclic) bond motifs is 13. The zero-order valence-corrected chi connectivity index (χ0v) is 73.3. The Kier molecular flexibility index (Phi) is 19.6. The van der Waals surface area contributed by atoms with Crippen molar-refractivity contribution >= 4 is 10.8 Å². The first kappa shape index (κ1) is 78.3. The number of pyridine rings is 1. The van der Waals surface area contributed by atoms with Crippen molar-refractivity contribution in [2.45, 2.75) is 181 Å². The van der Waals surface area contributed by atoms with Gasteiger partial charge in [0.25, 0.3) is 0 Å². The molecular weight excluding hydrogens is 1610 g/mol. The fourth-order valence-electron chi connectivity index (χ4n) is 22.1. The normalized spacial score (nSPS) is 14.5. The third-order valence-electron chi connectivity index (χ3n) is 29.0. The van der Waals surface area contributed by atoms with Gasteiger partial charge in [-0.2, -0.15) is 0 Å². The smallest absolute Gasteiger partial charge is 0.0456 e. The molecule has 14 aromatic carbocycles. The Morgan fingerprint density at radius 1 is 0.263 bits per heavy atom. The second-order valence-corrected chi connectivity index (χ2v) is 36.2. The Morgan fingerprint density at radius 3 is 0.898 bits per heavy atom. The van der Waals surface area contributed by atoms with E-state index < -0.39 is 0 Å². The van der Waals surface area contributed by atoms with Crippen LogP contribution in [0.15, 0.2) is 285 Å². The molecule has 118 heavy (non-hydrogen) atoms. The Labute approximate surface area is 713 Å². The summed E-state index contributed by atoms with van der Waals surface area (Å²) in [6, 6.07) is 110. The molecular formula is C115H105FIrN-. The van der Waals surface area contributed by atoms with Crippen LogP contribution in [-0.2, 0) is 52.6 Å². The van der Waals surface area contributed by atoms with Crippen molar-refractivity contribution in [1.29, 1.82) is 0 Å². The van der Waals surface area contributed by atoms with Crippen molar-refractivity contribution in [3.8, 4) is 145 Å². The Balaban J connectivity index is 0.00000959. The van der Waals surface area contributed by atoms with Crippen molar-refractivity contribution in [2.24, 2.45) is 0 Å². The maximum atomic E-state index is 17.9. The monoisotopic (exact) mass is 1710 g/mol. The molecule has 0 atom stereocenters. The molecule has 0 amide bonds. The predicted molar refractivity (Wildman–Crippen MR) is 494 cm³/mol. The van der Waals surface area contributed by atoms with Gasteiger partial charge in [-0.1, -0.05) is 291 Å². The molecule has 587 valence electrons. The molecule has 0 spiro atoms. The number of aromatic nitrogens is 1. The summed E-state index contributed by atoms with van der Waals surface area (Å²) in [5.41, 5.74) is 43.1. The van der Waals surface area contributed by atoms with Crippen LogP contribution in [0.3, 0.4) is 0 Å². The van der Waals surface area contributed by atoms with Gasteiger partial charge in [0, 0.05) is 53.8 Å². The number of rotatable bonds is 17. The molecule has 1 aromatic heterocycles. The van der Waals surface area contributed by atoms with Crippen molar-refractivity contribution < 1.29 is 24.5 Å². The third kappa shape index (κ3) is 12.1. The van der Waals surface area contributed by atoms with Crippen molar-refractivity contribution in [3.05, 3.63) is 353 Å². The van der Waals surface area contributed by atoms with Gasteiger partial charge < -0.3 is 4.98 Å². The van der Waals surface area contributed by atoms with E-state index in [0.29, 0.717) is 5.56 Å². The number of nitrogens with zero attached hydrogens (tertiary/aromatic N) is 1. The van der Waals surface area contributed by atoms with Crippen LogP contribution in [0, 0.1) is 11.9 Å². The first-order chi connectivity index (χ1) is 56.6. The van der Waals surface area contributed by atoms with Crippen molar-refractivity contribution in [3.63, 3.8) is 0 Å². The average Bonchev–Trinajstić information content (AvgIpc) is 1.56. The summed E-state index contributed by atoms with van der Waals surface area (Å²) in [6.45, 7) is 32.6. The van der Waals surface area contributed by atoms with E-state index in [4.69, 9.17) is 4.98 Å². The summed E-state index contributed by atoms with van der Waals surface area (Å²) < 4.78 is 17.9. The minimum absolute atomic E-state index is 0. The molecule has 1 nitrogen and oxygen atoms in total. The van der Waals surface area contributed by atoms with Gasteiger partial charge in [0.1, 0.15) is 0 Å². The van der Waals surface area contributed by atoms with E-state index in [2.05, 4.69) is 370 Å². The maximum absolute atomic E-state index is 17.9. The summed E-state index contributed by atoms with van der Waals surface area (Å²) in [4.78, 5) is 5.21. The first-order valence-corrected chi connectivity index (χ1v) is 43.4. The summed E-state index contributed by atoms with van der Waals surface area (Å²) in [5, 5.41) is 2.03. The number of benzene rings is 14. The molecule has 0 N–H and O–H groups in total. The maximum Gasteiger partial charge on any atom is 0.0456 e. The molecule has 1 heterocycles. The molecule has 4 aliphatic carbocycles. The number of halogens is 1. The van der Waals surface area contributed by atoms with E-state index in [1.54, 1.807) is 6.07 Å². The van der Waals surface area contributed by atoms with Gasteiger partial charge in [0.15, 0.2) is 0 Å². The Morgan fingerprint density at radius 2 is 0.551 bits per heavy atom. The Bertz CT molecular complexity index is 6190. The third-order valence-corrected chi connectivity index (χ3v) is 29.0. The van der Waals surface area contributed by atoms with E-state index in [1.165, 1.54) is 134 Å². The van der Waals surface area contributed by atoms with Crippen LogP contribution in [0.1, 0.15) is 204 Å². The van der Waals surface area contributed by atoms with Crippen LogP contribution >= 0.6 is 0 Å². The zero-order valence-electron chi connectivity index (χ0n) is 71.0. The molecule has 0 fully saturated rings. The molecule has 0 saturated heterocycles. The topological polar surface area (TPSA) is 12.9 Å². The zero-order chi connectivity index (χ0) is 80.8.